The van der Waals surface area contributed by atoms with E-state index in [2.05, 4.69) is 27.7 Å². The predicted octanol–water partition coefficient (Wildman–Crippen LogP) is 6.20. The third-order valence-corrected chi connectivity index (χ3v) is 6.74. The maximum absolute atomic E-state index is 13.1. The van der Waals surface area contributed by atoms with Gasteiger partial charge < -0.3 is 15.4 Å². The number of nitrogens with zero attached hydrogens (tertiary/aromatic N) is 1. The SMILES string of the molecule is O=C(CN1CCOCC1)Nc1cccc(NC(=O)c2ccc(Cl)c(-c3ccc(-c4ccccc4)cc3)c2)c1. The number of morpholine rings is 1. The van der Waals surface area contributed by atoms with Gasteiger partial charge in [-0.25, -0.2) is 0 Å². The summed E-state index contributed by atoms with van der Waals surface area (Å²) in [6.07, 6.45) is 0. The monoisotopic (exact) mass is 525 g/mol. The maximum Gasteiger partial charge on any atom is 0.255 e. The molecule has 0 aromatic heterocycles. The zero-order valence-corrected chi connectivity index (χ0v) is 21.6. The minimum absolute atomic E-state index is 0.101. The highest BCUT2D eigenvalue weighted by atomic mass is 35.5. The van der Waals surface area contributed by atoms with Crippen LogP contribution in [0.4, 0.5) is 11.4 Å². The Kier molecular flexibility index (Phi) is 8.14. The van der Waals surface area contributed by atoms with Crippen molar-refractivity contribution in [3.63, 3.8) is 0 Å². The summed E-state index contributed by atoms with van der Waals surface area (Å²) < 4.78 is 5.33. The molecule has 4 aromatic rings. The molecule has 0 unspecified atom stereocenters. The number of anilines is 2. The van der Waals surface area contributed by atoms with Crippen LogP contribution in [-0.4, -0.2) is 49.6 Å². The highest BCUT2D eigenvalue weighted by Gasteiger charge is 2.15. The van der Waals surface area contributed by atoms with E-state index in [0.29, 0.717) is 41.7 Å². The molecular formula is C31H28ClN3O3. The largest absolute Gasteiger partial charge is 0.379 e. The van der Waals surface area contributed by atoms with E-state index in [-0.39, 0.29) is 11.8 Å². The van der Waals surface area contributed by atoms with Gasteiger partial charge in [-0.15, -0.1) is 0 Å². The van der Waals surface area contributed by atoms with Crippen molar-refractivity contribution in [2.45, 2.75) is 0 Å². The van der Waals surface area contributed by atoms with Crippen molar-refractivity contribution in [3.8, 4) is 22.3 Å². The zero-order chi connectivity index (χ0) is 26.3. The number of amides is 2. The summed E-state index contributed by atoms with van der Waals surface area (Å²) in [7, 11) is 0. The molecule has 0 radical (unpaired) electrons. The molecule has 6 nitrogen and oxygen atoms in total. The van der Waals surface area contributed by atoms with Crippen molar-refractivity contribution in [2.75, 3.05) is 43.5 Å². The third-order valence-electron chi connectivity index (χ3n) is 6.41. The molecule has 5 rings (SSSR count). The van der Waals surface area contributed by atoms with Crippen molar-refractivity contribution in [3.05, 3.63) is 108 Å². The Bertz CT molecular complexity index is 1420. The Morgan fingerprint density at radius 2 is 1.39 bits per heavy atom. The summed E-state index contributed by atoms with van der Waals surface area (Å²) in [5.74, 6) is -0.364. The van der Waals surface area contributed by atoms with Crippen LogP contribution in [0.3, 0.4) is 0 Å². The number of benzene rings is 4. The van der Waals surface area contributed by atoms with E-state index in [4.69, 9.17) is 16.3 Å². The first kappa shape index (κ1) is 25.7. The van der Waals surface area contributed by atoms with Crippen LogP contribution in [0.1, 0.15) is 10.4 Å². The molecule has 0 saturated carbocycles. The molecule has 0 bridgehead atoms. The van der Waals surface area contributed by atoms with Gasteiger partial charge in [-0.05, 0) is 53.1 Å². The van der Waals surface area contributed by atoms with Gasteiger partial charge in [0.25, 0.3) is 5.91 Å². The molecule has 0 atom stereocenters. The van der Waals surface area contributed by atoms with Crippen molar-refractivity contribution in [1.82, 2.24) is 4.90 Å². The first-order valence-electron chi connectivity index (χ1n) is 12.5. The fraction of sp³-hybridized carbons (Fsp3) is 0.161. The van der Waals surface area contributed by atoms with Crippen molar-refractivity contribution in [1.29, 1.82) is 0 Å². The van der Waals surface area contributed by atoms with E-state index in [1.54, 1.807) is 42.5 Å². The summed E-state index contributed by atoms with van der Waals surface area (Å²) in [6, 6.07) is 30.6. The average Bonchev–Trinajstić information content (AvgIpc) is 2.94. The first-order valence-corrected chi connectivity index (χ1v) is 12.9. The van der Waals surface area contributed by atoms with Gasteiger partial charge in [-0.1, -0.05) is 72.3 Å². The molecule has 1 fully saturated rings. The van der Waals surface area contributed by atoms with Gasteiger partial charge in [-0.3, -0.25) is 14.5 Å². The maximum atomic E-state index is 13.1. The van der Waals surface area contributed by atoms with E-state index >= 15 is 0 Å². The van der Waals surface area contributed by atoms with Crippen LogP contribution < -0.4 is 10.6 Å². The number of hydrogen-bond donors (Lipinski definition) is 2. The molecule has 0 aliphatic carbocycles. The van der Waals surface area contributed by atoms with Crippen molar-refractivity contribution >= 4 is 34.8 Å². The number of carbonyl (C=O) groups excluding carboxylic acids is 2. The molecule has 4 aromatic carbocycles. The Hall–Kier alpha value is -3.97. The van der Waals surface area contributed by atoms with Crippen LogP contribution in [0, 0.1) is 0 Å². The van der Waals surface area contributed by atoms with Crippen LogP contribution in [0.5, 0.6) is 0 Å². The van der Waals surface area contributed by atoms with Crippen molar-refractivity contribution < 1.29 is 14.3 Å². The van der Waals surface area contributed by atoms with E-state index in [1.807, 2.05) is 42.5 Å². The van der Waals surface area contributed by atoms with Crippen molar-refractivity contribution in [2.24, 2.45) is 0 Å². The molecule has 1 heterocycles. The quantitative estimate of drug-likeness (QED) is 0.301. The van der Waals surface area contributed by atoms with E-state index in [1.165, 1.54) is 0 Å². The highest BCUT2D eigenvalue weighted by Crippen LogP contribution is 2.31. The number of rotatable bonds is 7. The molecule has 1 aliphatic rings. The Morgan fingerprint density at radius 3 is 2.13 bits per heavy atom. The molecule has 1 aliphatic heterocycles. The van der Waals surface area contributed by atoms with E-state index in [9.17, 15) is 9.59 Å². The molecular weight excluding hydrogens is 498 g/mol. The minimum atomic E-state index is -0.263. The van der Waals surface area contributed by atoms with Crippen LogP contribution in [-0.2, 0) is 9.53 Å². The predicted molar refractivity (Wildman–Crippen MR) is 153 cm³/mol. The summed E-state index contributed by atoms with van der Waals surface area (Å²) in [6.45, 7) is 3.06. The zero-order valence-electron chi connectivity index (χ0n) is 20.8. The number of hydrogen-bond acceptors (Lipinski definition) is 4. The minimum Gasteiger partial charge on any atom is -0.379 e. The molecule has 1 saturated heterocycles. The van der Waals surface area contributed by atoms with Crippen LogP contribution in [0.2, 0.25) is 5.02 Å². The second-order valence-corrected chi connectivity index (χ2v) is 9.52. The standard InChI is InChI=1S/C31H28ClN3O3/c32-29-14-13-25(19-28(29)24-11-9-23(10-12-24)22-5-2-1-3-6-22)31(37)34-27-8-4-7-26(20-27)33-30(36)21-35-15-17-38-18-16-35/h1-14,19-20H,15-18,21H2,(H,33,36)(H,34,37). The van der Waals surface area contributed by atoms with Gasteiger partial charge in [-0.2, -0.15) is 0 Å². The molecule has 0 spiro atoms. The second kappa shape index (κ2) is 12.0. The molecule has 192 valence electrons. The lowest BCUT2D eigenvalue weighted by molar-refractivity contribution is -0.118. The Balaban J connectivity index is 1.26. The Morgan fingerprint density at radius 1 is 0.737 bits per heavy atom. The van der Waals surface area contributed by atoms with Gasteiger partial charge in [0.2, 0.25) is 5.91 Å². The topological polar surface area (TPSA) is 70.7 Å². The van der Waals surface area contributed by atoms with Gasteiger partial charge in [0, 0.05) is 40.6 Å². The summed E-state index contributed by atoms with van der Waals surface area (Å²) in [5, 5.41) is 6.40. The number of halogens is 1. The summed E-state index contributed by atoms with van der Waals surface area (Å²) in [5.41, 5.74) is 5.64. The lowest BCUT2D eigenvalue weighted by Gasteiger charge is -2.25. The fourth-order valence-electron chi connectivity index (χ4n) is 4.40. The Labute approximate surface area is 227 Å². The average molecular weight is 526 g/mol. The van der Waals surface area contributed by atoms with Gasteiger partial charge in [0.05, 0.1) is 19.8 Å². The number of nitrogens with one attached hydrogen (secondary N) is 2. The molecule has 2 N–H and O–H groups in total. The van der Waals surface area contributed by atoms with E-state index in [0.717, 1.165) is 35.3 Å². The number of carbonyl (C=O) groups is 2. The van der Waals surface area contributed by atoms with Crippen LogP contribution >= 0.6 is 11.6 Å². The lowest BCUT2D eigenvalue weighted by Crippen LogP contribution is -2.41. The highest BCUT2D eigenvalue weighted by molar-refractivity contribution is 6.33. The summed E-state index contributed by atoms with van der Waals surface area (Å²) >= 11 is 6.51. The van der Waals surface area contributed by atoms with Crippen LogP contribution in [0.25, 0.3) is 22.3 Å². The smallest absolute Gasteiger partial charge is 0.255 e. The summed E-state index contributed by atoms with van der Waals surface area (Å²) in [4.78, 5) is 27.6. The molecule has 2 amide bonds. The molecule has 38 heavy (non-hydrogen) atoms. The fourth-order valence-corrected chi connectivity index (χ4v) is 4.63. The van der Waals surface area contributed by atoms with E-state index < -0.39 is 0 Å². The first-order chi connectivity index (χ1) is 18.5. The third kappa shape index (κ3) is 6.47. The lowest BCUT2D eigenvalue weighted by atomic mass is 9.99. The van der Waals surface area contributed by atoms with Gasteiger partial charge in [0.15, 0.2) is 0 Å². The van der Waals surface area contributed by atoms with Crippen LogP contribution in [0.15, 0.2) is 97.1 Å². The normalized spacial score (nSPS) is 13.6. The molecule has 7 heteroatoms. The van der Waals surface area contributed by atoms with Gasteiger partial charge >= 0.3 is 0 Å². The second-order valence-electron chi connectivity index (χ2n) is 9.11. The van der Waals surface area contributed by atoms with Gasteiger partial charge in [0.1, 0.15) is 0 Å². The number of ether oxygens (including phenoxy) is 1.